The minimum Gasteiger partial charge on any atom is -0.316 e. The van der Waals surface area contributed by atoms with Crippen LogP contribution in [0.5, 0.6) is 0 Å². The summed E-state index contributed by atoms with van der Waals surface area (Å²) in [5, 5.41) is 8.27. The lowest BCUT2D eigenvalue weighted by molar-refractivity contribution is 0.320. The molecule has 3 heteroatoms. The Balaban J connectivity index is 2.68. The fourth-order valence-electron chi connectivity index (χ4n) is 2.94. The van der Waals surface area contributed by atoms with Crippen molar-refractivity contribution in [3.8, 4) is 0 Å². The van der Waals surface area contributed by atoms with Crippen LogP contribution in [0.15, 0.2) is 12.3 Å². The molecule has 1 aromatic rings. The van der Waals surface area contributed by atoms with Gasteiger partial charge in [-0.1, -0.05) is 33.6 Å². The van der Waals surface area contributed by atoms with Gasteiger partial charge in [0, 0.05) is 24.7 Å². The van der Waals surface area contributed by atoms with E-state index in [-0.39, 0.29) is 0 Å². The van der Waals surface area contributed by atoms with Crippen LogP contribution in [0.25, 0.3) is 0 Å². The first-order valence-electron chi connectivity index (χ1n) is 8.37. The molecule has 0 saturated carbocycles. The van der Waals surface area contributed by atoms with Gasteiger partial charge in [0.1, 0.15) is 0 Å². The number of hydrogen-bond donors (Lipinski definition) is 1. The van der Waals surface area contributed by atoms with Crippen molar-refractivity contribution in [3.63, 3.8) is 0 Å². The fraction of sp³-hybridized carbons (Fsp3) is 0.824. The van der Waals surface area contributed by atoms with Gasteiger partial charge in [0.15, 0.2) is 0 Å². The zero-order valence-electron chi connectivity index (χ0n) is 14.0. The van der Waals surface area contributed by atoms with Gasteiger partial charge in [-0.2, -0.15) is 5.10 Å². The van der Waals surface area contributed by atoms with E-state index in [9.17, 15) is 0 Å². The second kappa shape index (κ2) is 9.17. The van der Waals surface area contributed by atoms with Crippen molar-refractivity contribution in [1.82, 2.24) is 15.1 Å². The molecule has 3 nitrogen and oxygen atoms in total. The summed E-state index contributed by atoms with van der Waals surface area (Å²) < 4.78 is 2.11. The van der Waals surface area contributed by atoms with Crippen molar-refractivity contribution < 1.29 is 0 Å². The minimum atomic E-state index is 0.499. The topological polar surface area (TPSA) is 29.9 Å². The maximum absolute atomic E-state index is 4.75. The number of nitrogens with zero attached hydrogens (tertiary/aromatic N) is 2. The summed E-state index contributed by atoms with van der Waals surface area (Å²) in [7, 11) is 2.09. The Morgan fingerprint density at radius 1 is 1.20 bits per heavy atom. The summed E-state index contributed by atoms with van der Waals surface area (Å²) in [6.07, 6.45) is 9.46. The average molecular weight is 279 g/mol. The quantitative estimate of drug-likeness (QED) is 0.695. The number of rotatable bonds is 10. The van der Waals surface area contributed by atoms with Gasteiger partial charge in [-0.25, -0.2) is 0 Å². The molecule has 0 fully saturated rings. The zero-order valence-corrected chi connectivity index (χ0v) is 14.0. The van der Waals surface area contributed by atoms with Crippen LogP contribution in [0.4, 0.5) is 0 Å². The van der Waals surface area contributed by atoms with Gasteiger partial charge in [0.2, 0.25) is 0 Å². The SMILES string of the molecule is CCCC(CCC)C(Cc1ccn(C(C)CC)n1)NC. The first kappa shape index (κ1) is 17.2. The third-order valence-corrected chi connectivity index (χ3v) is 4.39. The average Bonchev–Trinajstić information content (AvgIpc) is 2.92. The molecular weight excluding hydrogens is 246 g/mol. The van der Waals surface area contributed by atoms with Crippen LogP contribution in [0, 0.1) is 5.92 Å². The lowest BCUT2D eigenvalue weighted by Crippen LogP contribution is -2.35. The molecule has 20 heavy (non-hydrogen) atoms. The standard InChI is InChI=1S/C17H33N3/c1-6-9-15(10-7-2)17(18-5)13-16-11-12-20(19-16)14(4)8-3/h11-12,14-15,17-18H,6-10,13H2,1-5H3. The van der Waals surface area contributed by atoms with Gasteiger partial charge in [0.05, 0.1) is 5.69 Å². The van der Waals surface area contributed by atoms with E-state index in [4.69, 9.17) is 5.10 Å². The van der Waals surface area contributed by atoms with Crippen LogP contribution >= 0.6 is 0 Å². The highest BCUT2D eigenvalue weighted by molar-refractivity contribution is 5.03. The van der Waals surface area contributed by atoms with Crippen molar-refractivity contribution in [3.05, 3.63) is 18.0 Å². The zero-order chi connectivity index (χ0) is 15.0. The molecule has 0 aliphatic carbocycles. The highest BCUT2D eigenvalue weighted by Gasteiger charge is 2.20. The van der Waals surface area contributed by atoms with Crippen LogP contribution in [0.1, 0.15) is 71.5 Å². The van der Waals surface area contributed by atoms with Crippen LogP contribution < -0.4 is 5.32 Å². The predicted octanol–water partition coefficient (Wildman–Crippen LogP) is 4.20. The Morgan fingerprint density at radius 3 is 2.35 bits per heavy atom. The van der Waals surface area contributed by atoms with E-state index in [1.807, 2.05) is 0 Å². The van der Waals surface area contributed by atoms with Crippen molar-refractivity contribution in [2.75, 3.05) is 7.05 Å². The van der Waals surface area contributed by atoms with E-state index < -0.39 is 0 Å². The maximum atomic E-state index is 4.75. The largest absolute Gasteiger partial charge is 0.316 e. The van der Waals surface area contributed by atoms with E-state index in [0.717, 1.165) is 18.8 Å². The van der Waals surface area contributed by atoms with Crippen molar-refractivity contribution in [2.45, 2.75) is 78.3 Å². The Labute approximate surface area is 125 Å². The summed E-state index contributed by atoms with van der Waals surface area (Å²) >= 11 is 0. The van der Waals surface area contributed by atoms with Crippen molar-refractivity contribution in [1.29, 1.82) is 0 Å². The summed E-state index contributed by atoms with van der Waals surface area (Å²) in [5.41, 5.74) is 1.22. The smallest absolute Gasteiger partial charge is 0.0640 e. The molecule has 2 atom stereocenters. The summed E-state index contributed by atoms with van der Waals surface area (Å²) in [6.45, 7) is 9.00. The molecule has 1 rings (SSSR count). The van der Waals surface area contributed by atoms with E-state index in [2.05, 4.69) is 57.0 Å². The van der Waals surface area contributed by atoms with Crippen molar-refractivity contribution in [2.24, 2.45) is 5.92 Å². The highest BCUT2D eigenvalue weighted by atomic mass is 15.3. The van der Waals surface area contributed by atoms with Crippen LogP contribution in [0.2, 0.25) is 0 Å². The van der Waals surface area contributed by atoms with E-state index in [1.54, 1.807) is 0 Å². The van der Waals surface area contributed by atoms with Crippen LogP contribution in [-0.2, 0) is 6.42 Å². The lowest BCUT2D eigenvalue weighted by Gasteiger charge is -2.26. The predicted molar refractivity (Wildman–Crippen MR) is 87.1 cm³/mol. The summed E-state index contributed by atoms with van der Waals surface area (Å²) in [6, 6.07) is 3.24. The van der Waals surface area contributed by atoms with Gasteiger partial charge < -0.3 is 5.32 Å². The molecule has 0 saturated heterocycles. The lowest BCUT2D eigenvalue weighted by atomic mass is 9.88. The van der Waals surface area contributed by atoms with Gasteiger partial charge in [-0.3, -0.25) is 4.68 Å². The van der Waals surface area contributed by atoms with Gasteiger partial charge >= 0.3 is 0 Å². The third-order valence-electron chi connectivity index (χ3n) is 4.39. The van der Waals surface area contributed by atoms with E-state index >= 15 is 0 Å². The minimum absolute atomic E-state index is 0.499. The Hall–Kier alpha value is -0.830. The molecule has 1 aromatic heterocycles. The molecule has 0 aliphatic rings. The molecule has 1 N–H and O–H groups in total. The number of nitrogens with one attached hydrogen (secondary N) is 1. The number of aromatic nitrogens is 2. The molecule has 0 bridgehead atoms. The molecule has 2 unspecified atom stereocenters. The molecule has 0 aromatic carbocycles. The Kier molecular flexibility index (Phi) is 7.90. The molecule has 0 spiro atoms. The summed E-state index contributed by atoms with van der Waals surface area (Å²) in [5.74, 6) is 0.767. The fourth-order valence-corrected chi connectivity index (χ4v) is 2.94. The van der Waals surface area contributed by atoms with Gasteiger partial charge in [0.25, 0.3) is 0 Å². The van der Waals surface area contributed by atoms with E-state index in [1.165, 1.54) is 31.4 Å². The summed E-state index contributed by atoms with van der Waals surface area (Å²) in [4.78, 5) is 0. The van der Waals surface area contributed by atoms with Crippen molar-refractivity contribution >= 4 is 0 Å². The molecule has 0 amide bonds. The highest BCUT2D eigenvalue weighted by Crippen LogP contribution is 2.21. The second-order valence-corrected chi connectivity index (χ2v) is 5.98. The molecule has 1 heterocycles. The molecule has 116 valence electrons. The van der Waals surface area contributed by atoms with Gasteiger partial charge in [-0.05, 0) is 45.2 Å². The number of likely N-dealkylation sites (N-methyl/N-ethyl adjacent to an activating group) is 1. The van der Waals surface area contributed by atoms with Gasteiger partial charge in [-0.15, -0.1) is 0 Å². The third kappa shape index (κ3) is 4.93. The maximum Gasteiger partial charge on any atom is 0.0640 e. The number of hydrogen-bond acceptors (Lipinski definition) is 2. The second-order valence-electron chi connectivity index (χ2n) is 5.98. The van der Waals surface area contributed by atoms with E-state index in [0.29, 0.717) is 12.1 Å². The first-order valence-corrected chi connectivity index (χ1v) is 8.37. The monoisotopic (exact) mass is 279 g/mol. The Bertz CT molecular complexity index is 353. The Morgan fingerprint density at radius 2 is 1.85 bits per heavy atom. The molecular formula is C17H33N3. The molecule has 0 radical (unpaired) electrons. The first-order chi connectivity index (χ1) is 9.65. The van der Waals surface area contributed by atoms with Crippen LogP contribution in [0.3, 0.4) is 0 Å². The normalized spacial score (nSPS) is 14.7. The van der Waals surface area contributed by atoms with Crippen LogP contribution in [-0.4, -0.2) is 22.9 Å². The molecule has 0 aliphatic heterocycles.